The van der Waals surface area contributed by atoms with Gasteiger partial charge in [0.25, 0.3) is 0 Å². The molecular formula is C81H60N8. The van der Waals surface area contributed by atoms with E-state index in [2.05, 4.69) is 293 Å². The van der Waals surface area contributed by atoms with Gasteiger partial charge in [-0.05, 0) is 183 Å². The molecule has 3 aromatic heterocycles. The van der Waals surface area contributed by atoms with Crippen molar-refractivity contribution in [3.05, 3.63) is 326 Å². The van der Waals surface area contributed by atoms with Crippen LogP contribution in [0.5, 0.6) is 0 Å². The highest BCUT2D eigenvalue weighted by molar-refractivity contribution is 6.16. The molecule has 0 fully saturated rings. The van der Waals surface area contributed by atoms with Gasteiger partial charge in [-0.2, -0.15) is 0 Å². The molecule has 0 spiro atoms. The molecule has 1 aliphatic carbocycles. The van der Waals surface area contributed by atoms with E-state index < -0.39 is 0 Å². The molecule has 2 unspecified atom stereocenters. The van der Waals surface area contributed by atoms with Gasteiger partial charge in [-0.1, -0.05) is 170 Å². The summed E-state index contributed by atoms with van der Waals surface area (Å²) in [7, 11) is 2.08. The van der Waals surface area contributed by atoms with Crippen molar-refractivity contribution in [3.63, 3.8) is 0 Å². The Labute approximate surface area is 518 Å². The van der Waals surface area contributed by atoms with Gasteiger partial charge in [-0.15, -0.1) is 0 Å². The Morgan fingerprint density at radius 1 is 0.461 bits per heavy atom. The third-order valence-corrected chi connectivity index (χ3v) is 18.1. The summed E-state index contributed by atoms with van der Waals surface area (Å²) in [5.41, 5.74) is 23.7. The second-order valence-electron chi connectivity index (χ2n) is 23.6. The molecule has 2 aliphatic heterocycles. The minimum absolute atomic E-state index is 0.129. The highest BCUT2D eigenvalue weighted by Gasteiger charge is 2.48. The lowest BCUT2D eigenvalue weighted by Gasteiger charge is -2.40. The topological polar surface area (TPSA) is 75.3 Å². The first-order chi connectivity index (χ1) is 43.9. The Morgan fingerprint density at radius 3 is 1.73 bits per heavy atom. The van der Waals surface area contributed by atoms with E-state index in [4.69, 9.17) is 15.0 Å². The Bertz CT molecular complexity index is 4950. The fourth-order valence-electron chi connectivity index (χ4n) is 13.7. The number of nitrogens with zero attached hydrogens (tertiary/aromatic N) is 8. The quantitative estimate of drug-likeness (QED) is 0.121. The summed E-state index contributed by atoms with van der Waals surface area (Å²) in [5.74, 6) is 1.52. The highest BCUT2D eigenvalue weighted by Crippen LogP contribution is 2.56. The summed E-state index contributed by atoms with van der Waals surface area (Å²) in [6.07, 6.45) is 21.0. The molecule has 3 aliphatic rings. The Morgan fingerprint density at radius 2 is 1.03 bits per heavy atom. The van der Waals surface area contributed by atoms with Crippen molar-refractivity contribution in [2.75, 3.05) is 11.9 Å². The van der Waals surface area contributed by atoms with Gasteiger partial charge < -0.3 is 14.4 Å². The van der Waals surface area contributed by atoms with E-state index in [1.807, 2.05) is 24.4 Å². The van der Waals surface area contributed by atoms with Crippen molar-refractivity contribution >= 4 is 45.0 Å². The minimum atomic E-state index is -0.310. The molecular weight excluding hydrogens is 1080 g/mol. The standard InChI is InChI=1S/C81H60N8/c1-81-38-37-62(57-17-7-4-8-18-57)53-74(81)73-50-60(56-15-5-3-6-16-56)30-36-76(73)89(81)69-33-27-55(28-34-69)45-54-25-31-68(32-26-54)88-75-35-29-61(58-19-9-22-64(46-58)78-82-39-12-40-83-78)49-71(75)72-52-67(59-20-10-24-66(47-59)80-86-43-14-44-87(80)2)51-70(77(72)88)63-21-11-23-65(48-63)79-84-41-13-42-85-79/h3-44,46-53,74,80H,45H2,1-2H3/t74?,80?,81-/m1/s1. The smallest absolute Gasteiger partial charge is 0.159 e. The van der Waals surface area contributed by atoms with Crippen molar-refractivity contribution in [3.8, 4) is 73.0 Å². The predicted molar refractivity (Wildman–Crippen MR) is 365 cm³/mol. The van der Waals surface area contributed by atoms with E-state index in [0.717, 1.165) is 84.0 Å². The first kappa shape index (κ1) is 53.1. The van der Waals surface area contributed by atoms with Crippen molar-refractivity contribution < 1.29 is 0 Å². The zero-order valence-corrected chi connectivity index (χ0v) is 49.3. The van der Waals surface area contributed by atoms with Crippen molar-refractivity contribution in [1.82, 2.24) is 29.4 Å². The maximum absolute atomic E-state index is 4.88. The molecule has 0 N–H and O–H groups in total. The number of hydrogen-bond donors (Lipinski definition) is 0. The van der Waals surface area contributed by atoms with Crippen LogP contribution < -0.4 is 4.90 Å². The highest BCUT2D eigenvalue weighted by atomic mass is 15.2. The number of aliphatic imine (C=N–C) groups is 1. The monoisotopic (exact) mass is 1140 g/mol. The van der Waals surface area contributed by atoms with Crippen LogP contribution in [0, 0.1) is 0 Å². The number of benzene rings is 10. The van der Waals surface area contributed by atoms with E-state index >= 15 is 0 Å². The SMILES string of the molecule is CN1C=CC=NC1c1cccc(-c2cc(-c3cccc(-c4ncccn4)c3)c3c(c2)c2cc(-c4cccc(-c5ncccn5)c4)ccc2n3-c2ccc(Cc3ccc(N4c5ccc(-c6ccccc6)cc5C5C=C(c6ccccc6)C=C[C@]54C)cc3)cc2)c1. The zero-order valence-electron chi connectivity index (χ0n) is 49.3. The van der Waals surface area contributed by atoms with Crippen LogP contribution in [-0.2, 0) is 6.42 Å². The van der Waals surface area contributed by atoms with Gasteiger partial charge in [0, 0.05) is 94.7 Å². The lowest BCUT2D eigenvalue weighted by Crippen LogP contribution is -2.42. The van der Waals surface area contributed by atoms with Gasteiger partial charge in [0.2, 0.25) is 0 Å². The predicted octanol–water partition coefficient (Wildman–Crippen LogP) is 19.1. The minimum Gasteiger partial charge on any atom is -0.355 e. The summed E-state index contributed by atoms with van der Waals surface area (Å²) in [6.45, 7) is 2.39. The summed E-state index contributed by atoms with van der Waals surface area (Å²) < 4.78 is 2.46. The summed E-state index contributed by atoms with van der Waals surface area (Å²) in [4.78, 5) is 28.2. The lowest BCUT2D eigenvalue weighted by molar-refractivity contribution is 0.345. The van der Waals surface area contributed by atoms with Crippen LogP contribution in [0.15, 0.2) is 303 Å². The normalized spacial score (nSPS) is 16.6. The molecule has 13 aromatic rings. The van der Waals surface area contributed by atoms with Crippen LogP contribution in [0.25, 0.3) is 100 Å². The molecule has 0 radical (unpaired) electrons. The number of allylic oxidation sites excluding steroid dienone is 3. The molecule has 3 atom stereocenters. The van der Waals surface area contributed by atoms with Gasteiger partial charge in [0.1, 0.15) is 6.17 Å². The van der Waals surface area contributed by atoms with Crippen molar-refractivity contribution in [1.29, 1.82) is 0 Å². The maximum atomic E-state index is 4.88. The molecule has 424 valence electrons. The van der Waals surface area contributed by atoms with E-state index in [1.165, 1.54) is 50.3 Å². The Balaban J connectivity index is 0.797. The molecule has 5 heterocycles. The van der Waals surface area contributed by atoms with Crippen molar-refractivity contribution in [2.24, 2.45) is 4.99 Å². The van der Waals surface area contributed by atoms with Crippen LogP contribution in [0.2, 0.25) is 0 Å². The molecule has 8 nitrogen and oxygen atoms in total. The Hall–Kier alpha value is -11.4. The molecule has 0 saturated carbocycles. The Kier molecular flexibility index (Phi) is 13.2. The fourth-order valence-corrected chi connectivity index (χ4v) is 13.7. The number of rotatable bonds is 12. The molecule has 0 saturated heterocycles. The van der Waals surface area contributed by atoms with Gasteiger partial charge >= 0.3 is 0 Å². The second kappa shape index (κ2) is 22.2. The van der Waals surface area contributed by atoms with Crippen LogP contribution in [-0.4, -0.2) is 48.2 Å². The van der Waals surface area contributed by atoms with E-state index in [9.17, 15) is 0 Å². The average Bonchev–Trinajstić information content (AvgIpc) is 1.65. The van der Waals surface area contributed by atoms with E-state index in [1.54, 1.807) is 24.8 Å². The number of aromatic nitrogens is 5. The van der Waals surface area contributed by atoms with Crippen LogP contribution in [0.3, 0.4) is 0 Å². The van der Waals surface area contributed by atoms with E-state index in [-0.39, 0.29) is 17.6 Å². The van der Waals surface area contributed by atoms with Crippen LogP contribution in [0.1, 0.15) is 46.8 Å². The number of hydrogen-bond acceptors (Lipinski definition) is 7. The van der Waals surface area contributed by atoms with Gasteiger partial charge in [0.15, 0.2) is 11.6 Å². The number of anilines is 2. The van der Waals surface area contributed by atoms with Crippen molar-refractivity contribution in [2.45, 2.75) is 31.0 Å². The van der Waals surface area contributed by atoms with Gasteiger partial charge in [-0.3, -0.25) is 4.99 Å². The summed E-state index contributed by atoms with van der Waals surface area (Å²) >= 11 is 0. The molecule has 10 aromatic carbocycles. The molecule has 89 heavy (non-hydrogen) atoms. The van der Waals surface area contributed by atoms with Crippen LogP contribution >= 0.6 is 0 Å². The molecule has 0 bridgehead atoms. The third-order valence-electron chi connectivity index (χ3n) is 18.1. The first-order valence-electron chi connectivity index (χ1n) is 30.4. The molecule has 16 rings (SSSR count). The average molecular weight is 1150 g/mol. The molecule has 8 heteroatoms. The van der Waals surface area contributed by atoms with Gasteiger partial charge in [-0.25, -0.2) is 19.9 Å². The summed E-state index contributed by atoms with van der Waals surface area (Å²) in [6, 6.07) is 88.4. The maximum Gasteiger partial charge on any atom is 0.159 e. The third kappa shape index (κ3) is 9.72. The number of fused-ring (bicyclic) bond motifs is 6. The van der Waals surface area contributed by atoms with Crippen LogP contribution in [0.4, 0.5) is 11.4 Å². The zero-order chi connectivity index (χ0) is 59.4. The largest absolute Gasteiger partial charge is 0.355 e. The first-order valence-corrected chi connectivity index (χ1v) is 30.4. The second-order valence-corrected chi connectivity index (χ2v) is 23.6. The van der Waals surface area contributed by atoms with E-state index in [0.29, 0.717) is 11.6 Å². The summed E-state index contributed by atoms with van der Waals surface area (Å²) in [5, 5.41) is 2.28. The lowest BCUT2D eigenvalue weighted by atomic mass is 9.77. The fraction of sp³-hybridized carbons (Fsp3) is 0.0741. The molecule has 0 amide bonds. The van der Waals surface area contributed by atoms with Gasteiger partial charge in [0.05, 0.1) is 16.6 Å².